The van der Waals surface area contributed by atoms with Crippen molar-refractivity contribution >= 4 is 5.91 Å². The first-order valence-corrected chi connectivity index (χ1v) is 6.95. The first-order valence-electron chi connectivity index (χ1n) is 6.95. The zero-order valence-electron chi connectivity index (χ0n) is 11.8. The Bertz CT molecular complexity index is 550. The quantitative estimate of drug-likeness (QED) is 0.843. The minimum Gasteiger partial charge on any atom is -0.394 e. The fourth-order valence-corrected chi connectivity index (χ4v) is 2.97. The van der Waals surface area contributed by atoms with E-state index in [0.29, 0.717) is 24.8 Å². The molecule has 1 saturated carbocycles. The molecule has 6 heteroatoms. The van der Waals surface area contributed by atoms with E-state index >= 15 is 0 Å². The Morgan fingerprint density at radius 2 is 2.10 bits per heavy atom. The number of benzene rings is 1. The van der Waals surface area contributed by atoms with Gasteiger partial charge in [-0.3, -0.25) is 4.79 Å². The third-order valence-corrected chi connectivity index (χ3v) is 4.05. The standard InChI is InChI=1S/C15H18F3NO2/c1-9-3-2-6-15(7-9,8-20)19-14(21)10-4-5-11(16)13(18)12(10)17/h4-5,9,20H,2-3,6-8H2,1H3,(H,19,21). The van der Waals surface area contributed by atoms with Gasteiger partial charge >= 0.3 is 0 Å². The zero-order valence-corrected chi connectivity index (χ0v) is 11.8. The maximum absolute atomic E-state index is 13.6. The van der Waals surface area contributed by atoms with Crippen molar-refractivity contribution in [2.45, 2.75) is 38.1 Å². The van der Waals surface area contributed by atoms with Crippen LogP contribution in [0.15, 0.2) is 12.1 Å². The molecular formula is C15H18F3NO2. The fraction of sp³-hybridized carbons (Fsp3) is 0.533. The van der Waals surface area contributed by atoms with Gasteiger partial charge < -0.3 is 10.4 Å². The molecule has 0 bridgehead atoms. The maximum atomic E-state index is 13.6. The molecule has 0 spiro atoms. The molecule has 2 atom stereocenters. The van der Waals surface area contributed by atoms with Crippen molar-refractivity contribution in [1.29, 1.82) is 0 Å². The van der Waals surface area contributed by atoms with Crippen LogP contribution in [0, 0.1) is 23.4 Å². The van der Waals surface area contributed by atoms with Gasteiger partial charge in [-0.1, -0.05) is 19.8 Å². The van der Waals surface area contributed by atoms with Crippen LogP contribution in [0.4, 0.5) is 13.2 Å². The van der Waals surface area contributed by atoms with Crippen LogP contribution in [0.5, 0.6) is 0 Å². The highest BCUT2D eigenvalue weighted by Gasteiger charge is 2.36. The lowest BCUT2D eigenvalue weighted by molar-refractivity contribution is 0.0692. The minimum absolute atomic E-state index is 0.269. The number of amides is 1. The zero-order chi connectivity index (χ0) is 15.6. The Labute approximate surface area is 121 Å². The number of nitrogens with one attached hydrogen (secondary N) is 1. The van der Waals surface area contributed by atoms with E-state index in [1.165, 1.54) is 0 Å². The van der Waals surface area contributed by atoms with Gasteiger partial charge in [0.05, 0.1) is 17.7 Å². The van der Waals surface area contributed by atoms with Crippen LogP contribution in [0.2, 0.25) is 0 Å². The van der Waals surface area contributed by atoms with Crippen molar-refractivity contribution in [2.75, 3.05) is 6.61 Å². The molecule has 116 valence electrons. The number of rotatable bonds is 3. The number of aliphatic hydroxyl groups is 1. The minimum atomic E-state index is -1.67. The molecule has 1 amide bonds. The van der Waals surface area contributed by atoms with Gasteiger partial charge in [-0.25, -0.2) is 13.2 Å². The third kappa shape index (κ3) is 3.20. The Hall–Kier alpha value is -1.56. The second kappa shape index (κ2) is 6.05. The number of aliphatic hydroxyl groups excluding tert-OH is 1. The summed E-state index contributed by atoms with van der Waals surface area (Å²) in [6.07, 6.45) is 2.98. The van der Waals surface area contributed by atoms with Gasteiger partial charge in [-0.05, 0) is 30.9 Å². The molecule has 1 aliphatic carbocycles. The highest BCUT2D eigenvalue weighted by molar-refractivity contribution is 5.95. The topological polar surface area (TPSA) is 49.3 Å². The smallest absolute Gasteiger partial charge is 0.254 e. The summed E-state index contributed by atoms with van der Waals surface area (Å²) in [6, 6.07) is 1.61. The van der Waals surface area contributed by atoms with Gasteiger partial charge in [0.15, 0.2) is 17.5 Å². The van der Waals surface area contributed by atoms with Crippen molar-refractivity contribution in [3.05, 3.63) is 35.1 Å². The van der Waals surface area contributed by atoms with Gasteiger partial charge in [0.2, 0.25) is 0 Å². The summed E-state index contributed by atoms with van der Waals surface area (Å²) in [4.78, 5) is 12.1. The van der Waals surface area contributed by atoms with Crippen molar-refractivity contribution in [1.82, 2.24) is 5.32 Å². The summed E-state index contributed by atoms with van der Waals surface area (Å²) >= 11 is 0. The molecule has 2 rings (SSSR count). The van der Waals surface area contributed by atoms with Crippen molar-refractivity contribution in [3.8, 4) is 0 Å². The lowest BCUT2D eigenvalue weighted by Gasteiger charge is -2.39. The van der Waals surface area contributed by atoms with Gasteiger partial charge in [0.25, 0.3) is 5.91 Å². The van der Waals surface area contributed by atoms with Gasteiger partial charge in [-0.15, -0.1) is 0 Å². The van der Waals surface area contributed by atoms with Crippen LogP contribution < -0.4 is 5.32 Å². The van der Waals surface area contributed by atoms with Gasteiger partial charge in [0.1, 0.15) is 0 Å². The lowest BCUT2D eigenvalue weighted by Crippen LogP contribution is -2.54. The Kier molecular flexibility index (Phi) is 4.56. The maximum Gasteiger partial charge on any atom is 0.254 e. The highest BCUT2D eigenvalue weighted by Crippen LogP contribution is 2.32. The van der Waals surface area contributed by atoms with Crippen molar-refractivity contribution in [2.24, 2.45) is 5.92 Å². The van der Waals surface area contributed by atoms with E-state index < -0.39 is 34.5 Å². The number of halogens is 3. The van der Waals surface area contributed by atoms with Crippen LogP contribution >= 0.6 is 0 Å². The van der Waals surface area contributed by atoms with Crippen LogP contribution in [-0.4, -0.2) is 23.2 Å². The molecule has 0 radical (unpaired) electrons. The molecule has 1 aromatic rings. The largest absolute Gasteiger partial charge is 0.394 e. The second-order valence-electron chi connectivity index (χ2n) is 5.82. The summed E-state index contributed by atoms with van der Waals surface area (Å²) in [5.74, 6) is -5.04. The molecule has 2 N–H and O–H groups in total. The van der Waals surface area contributed by atoms with Crippen LogP contribution in [0.3, 0.4) is 0 Å². The molecule has 0 heterocycles. The molecular weight excluding hydrogens is 283 g/mol. The van der Waals surface area contributed by atoms with E-state index in [0.717, 1.165) is 18.9 Å². The Morgan fingerprint density at radius 3 is 2.71 bits per heavy atom. The third-order valence-electron chi connectivity index (χ3n) is 4.05. The molecule has 1 aromatic carbocycles. The van der Waals surface area contributed by atoms with Gasteiger partial charge in [-0.2, -0.15) is 0 Å². The number of hydrogen-bond acceptors (Lipinski definition) is 2. The summed E-state index contributed by atoms with van der Waals surface area (Å²) in [6.45, 7) is 1.74. The van der Waals surface area contributed by atoms with E-state index in [1.807, 2.05) is 6.92 Å². The van der Waals surface area contributed by atoms with E-state index in [1.54, 1.807) is 0 Å². The van der Waals surface area contributed by atoms with E-state index in [-0.39, 0.29) is 6.61 Å². The first-order chi connectivity index (χ1) is 9.88. The second-order valence-corrected chi connectivity index (χ2v) is 5.82. The lowest BCUT2D eigenvalue weighted by atomic mass is 9.76. The summed E-state index contributed by atoms with van der Waals surface area (Å²) in [5.41, 5.74) is -1.38. The predicted octanol–water partition coefficient (Wildman–Crippen LogP) is 2.77. The summed E-state index contributed by atoms with van der Waals surface area (Å²) < 4.78 is 39.7. The molecule has 0 aromatic heterocycles. The predicted molar refractivity (Wildman–Crippen MR) is 71.2 cm³/mol. The molecule has 1 fully saturated rings. The molecule has 3 nitrogen and oxygen atoms in total. The molecule has 1 aliphatic rings. The Balaban J connectivity index is 2.22. The SMILES string of the molecule is CC1CCCC(CO)(NC(=O)c2ccc(F)c(F)c2F)C1. The van der Waals surface area contributed by atoms with Crippen LogP contribution in [0.25, 0.3) is 0 Å². The first kappa shape index (κ1) is 15.8. The van der Waals surface area contributed by atoms with E-state index in [2.05, 4.69) is 5.32 Å². The van der Waals surface area contributed by atoms with Crippen molar-refractivity contribution < 1.29 is 23.1 Å². The van der Waals surface area contributed by atoms with Crippen LogP contribution in [-0.2, 0) is 0 Å². The molecule has 0 saturated heterocycles. The fourth-order valence-electron chi connectivity index (χ4n) is 2.97. The normalized spacial score (nSPS) is 25.7. The monoisotopic (exact) mass is 301 g/mol. The molecule has 2 unspecified atom stereocenters. The van der Waals surface area contributed by atoms with Crippen molar-refractivity contribution in [3.63, 3.8) is 0 Å². The summed E-state index contributed by atoms with van der Waals surface area (Å²) in [5, 5.41) is 12.2. The van der Waals surface area contributed by atoms with E-state index in [9.17, 15) is 23.1 Å². The number of carbonyl (C=O) groups excluding carboxylic acids is 1. The average Bonchev–Trinajstić information content (AvgIpc) is 2.44. The van der Waals surface area contributed by atoms with Crippen LogP contribution in [0.1, 0.15) is 43.0 Å². The summed E-state index contributed by atoms with van der Waals surface area (Å²) in [7, 11) is 0. The van der Waals surface area contributed by atoms with Gasteiger partial charge in [0, 0.05) is 0 Å². The highest BCUT2D eigenvalue weighted by atomic mass is 19.2. The number of hydrogen-bond donors (Lipinski definition) is 2. The Morgan fingerprint density at radius 1 is 1.38 bits per heavy atom. The average molecular weight is 301 g/mol. The molecule has 21 heavy (non-hydrogen) atoms. The molecule has 0 aliphatic heterocycles. The number of carbonyl (C=O) groups is 1. The van der Waals surface area contributed by atoms with E-state index in [4.69, 9.17) is 0 Å².